The van der Waals surface area contributed by atoms with Crippen molar-refractivity contribution < 1.29 is 0 Å². The van der Waals surface area contributed by atoms with Crippen LogP contribution in [0.3, 0.4) is 0 Å². The second-order valence-electron chi connectivity index (χ2n) is 6.60. The van der Waals surface area contributed by atoms with Crippen LogP contribution in [0.15, 0.2) is 67.5 Å². The van der Waals surface area contributed by atoms with Crippen LogP contribution in [-0.4, -0.2) is 24.6 Å². The highest BCUT2D eigenvalue weighted by molar-refractivity contribution is 5.63. The molecule has 0 N–H and O–H groups in total. The Morgan fingerprint density at radius 3 is 2.76 bits per heavy atom. The van der Waals surface area contributed by atoms with Gasteiger partial charge in [0.1, 0.15) is 6.33 Å². The fourth-order valence-corrected chi connectivity index (χ4v) is 3.56. The molecule has 0 spiro atoms. The highest BCUT2D eigenvalue weighted by Crippen LogP contribution is 2.50. The lowest BCUT2D eigenvalue weighted by Gasteiger charge is -2.07. The first-order valence-electron chi connectivity index (χ1n) is 8.52. The molecule has 4 aromatic rings. The fraction of sp³-hybridized carbons (Fsp3) is 0.200. The topological polar surface area (TPSA) is 56.0 Å². The highest BCUT2D eigenvalue weighted by Gasteiger charge is 2.40. The predicted molar refractivity (Wildman–Crippen MR) is 95.0 cm³/mol. The van der Waals surface area contributed by atoms with Gasteiger partial charge in [0.25, 0.3) is 0 Å². The van der Waals surface area contributed by atoms with Crippen molar-refractivity contribution in [2.24, 2.45) is 5.92 Å². The summed E-state index contributed by atoms with van der Waals surface area (Å²) in [6.45, 7) is 0. The van der Waals surface area contributed by atoms with E-state index in [2.05, 4.69) is 56.4 Å². The van der Waals surface area contributed by atoms with Crippen molar-refractivity contribution >= 4 is 5.65 Å². The van der Waals surface area contributed by atoms with Gasteiger partial charge in [-0.2, -0.15) is 5.10 Å². The summed E-state index contributed by atoms with van der Waals surface area (Å²) in [5.41, 5.74) is 5.46. The number of hydrogen-bond donors (Lipinski definition) is 0. The SMILES string of the molecule is c1ccc(C[C@@H]2C[C@H]2c2cc(-c3cncnc3)nn3ccnc23)cc1. The van der Waals surface area contributed by atoms with Crippen LogP contribution in [0.5, 0.6) is 0 Å². The number of nitrogens with zero attached hydrogens (tertiary/aromatic N) is 5. The summed E-state index contributed by atoms with van der Waals surface area (Å²) >= 11 is 0. The molecule has 1 fully saturated rings. The lowest BCUT2D eigenvalue weighted by Crippen LogP contribution is -2.00. The summed E-state index contributed by atoms with van der Waals surface area (Å²) in [4.78, 5) is 12.8. The van der Waals surface area contributed by atoms with Crippen LogP contribution < -0.4 is 0 Å². The minimum atomic E-state index is 0.538. The lowest BCUT2D eigenvalue weighted by atomic mass is 10.0. The Morgan fingerprint density at radius 2 is 1.92 bits per heavy atom. The number of hydrogen-bond acceptors (Lipinski definition) is 4. The summed E-state index contributed by atoms with van der Waals surface area (Å²) in [5, 5.41) is 4.66. The molecular weight excluding hydrogens is 310 g/mol. The smallest absolute Gasteiger partial charge is 0.156 e. The lowest BCUT2D eigenvalue weighted by molar-refractivity contribution is 0.790. The fourth-order valence-electron chi connectivity index (χ4n) is 3.56. The van der Waals surface area contributed by atoms with Crippen molar-refractivity contribution in [3.05, 3.63) is 78.6 Å². The van der Waals surface area contributed by atoms with Crippen LogP contribution in [-0.2, 0) is 6.42 Å². The predicted octanol–water partition coefficient (Wildman–Crippen LogP) is 3.53. The first-order valence-corrected chi connectivity index (χ1v) is 8.52. The highest BCUT2D eigenvalue weighted by atomic mass is 15.2. The molecule has 1 saturated carbocycles. The minimum absolute atomic E-state index is 0.538. The van der Waals surface area contributed by atoms with Gasteiger partial charge in [-0.1, -0.05) is 30.3 Å². The van der Waals surface area contributed by atoms with E-state index in [0.717, 1.165) is 23.3 Å². The standard InChI is InChI=1S/C20H17N5/c1-2-4-14(5-3-1)8-15-9-17(15)18-10-19(16-11-21-13-22-12-16)24-25-7-6-23-20(18)25/h1-7,10-13,15,17H,8-9H2/t15-,17-/m1/s1. The van der Waals surface area contributed by atoms with Crippen LogP contribution in [0.2, 0.25) is 0 Å². The molecular formula is C20H17N5. The molecule has 1 aliphatic rings. The average molecular weight is 327 g/mol. The second-order valence-corrected chi connectivity index (χ2v) is 6.60. The first kappa shape index (κ1) is 14.3. The van der Waals surface area contributed by atoms with E-state index >= 15 is 0 Å². The molecule has 0 unspecified atom stereocenters. The number of benzene rings is 1. The van der Waals surface area contributed by atoms with Crippen LogP contribution in [0.1, 0.15) is 23.5 Å². The summed E-state index contributed by atoms with van der Waals surface area (Å²) in [5.74, 6) is 1.21. The van der Waals surface area contributed by atoms with Crippen LogP contribution >= 0.6 is 0 Å². The van der Waals surface area contributed by atoms with Crippen molar-refractivity contribution in [3.63, 3.8) is 0 Å². The number of aromatic nitrogens is 5. The Kier molecular flexibility index (Phi) is 3.30. The van der Waals surface area contributed by atoms with E-state index in [1.807, 2.05) is 16.9 Å². The number of fused-ring (bicyclic) bond motifs is 1. The molecule has 5 rings (SSSR count). The molecule has 5 heteroatoms. The van der Waals surface area contributed by atoms with Crippen LogP contribution in [0.4, 0.5) is 0 Å². The van der Waals surface area contributed by atoms with E-state index in [9.17, 15) is 0 Å². The molecule has 25 heavy (non-hydrogen) atoms. The Balaban J connectivity index is 1.50. The summed E-state index contributed by atoms with van der Waals surface area (Å²) in [6, 6.07) is 12.9. The van der Waals surface area contributed by atoms with Gasteiger partial charge in [-0.25, -0.2) is 19.5 Å². The Labute approximate surface area is 145 Å². The third-order valence-electron chi connectivity index (χ3n) is 4.91. The molecule has 0 saturated heterocycles. The normalized spacial score (nSPS) is 19.2. The first-order chi connectivity index (χ1) is 12.4. The zero-order chi connectivity index (χ0) is 16.6. The molecule has 0 radical (unpaired) electrons. The van der Waals surface area contributed by atoms with Gasteiger partial charge in [-0.3, -0.25) is 0 Å². The third-order valence-corrected chi connectivity index (χ3v) is 4.91. The molecule has 3 aromatic heterocycles. The molecule has 5 nitrogen and oxygen atoms in total. The maximum atomic E-state index is 4.66. The molecule has 122 valence electrons. The Hall–Kier alpha value is -3.08. The third kappa shape index (κ3) is 2.67. The molecule has 1 aromatic carbocycles. The summed E-state index contributed by atoms with van der Waals surface area (Å²) in [7, 11) is 0. The van der Waals surface area contributed by atoms with Crippen LogP contribution in [0, 0.1) is 5.92 Å². The number of imidazole rings is 1. The summed E-state index contributed by atoms with van der Waals surface area (Å²) < 4.78 is 1.87. The van der Waals surface area contributed by atoms with Gasteiger partial charge >= 0.3 is 0 Å². The molecule has 3 heterocycles. The van der Waals surface area contributed by atoms with Crippen molar-refractivity contribution in [3.8, 4) is 11.3 Å². The summed E-state index contributed by atoms with van der Waals surface area (Å²) in [6.07, 6.45) is 11.2. The van der Waals surface area contributed by atoms with E-state index in [-0.39, 0.29) is 0 Å². The van der Waals surface area contributed by atoms with Crippen molar-refractivity contribution in [1.82, 2.24) is 24.6 Å². The van der Waals surface area contributed by atoms with E-state index in [4.69, 9.17) is 0 Å². The maximum absolute atomic E-state index is 4.66. The molecule has 0 bridgehead atoms. The average Bonchev–Trinajstić information content (AvgIpc) is 3.25. The largest absolute Gasteiger partial charge is 0.244 e. The Bertz CT molecular complexity index is 1010. The molecule has 1 aliphatic carbocycles. The van der Waals surface area contributed by atoms with Gasteiger partial charge in [0.2, 0.25) is 0 Å². The minimum Gasteiger partial charge on any atom is -0.244 e. The molecule has 2 atom stereocenters. The monoisotopic (exact) mass is 327 g/mol. The molecule has 0 amide bonds. The zero-order valence-corrected chi connectivity index (χ0v) is 13.7. The maximum Gasteiger partial charge on any atom is 0.156 e. The van der Waals surface area contributed by atoms with Gasteiger partial charge in [-0.05, 0) is 36.3 Å². The second kappa shape index (κ2) is 5.77. The van der Waals surface area contributed by atoms with Crippen molar-refractivity contribution in [2.45, 2.75) is 18.8 Å². The van der Waals surface area contributed by atoms with Gasteiger partial charge in [-0.15, -0.1) is 0 Å². The van der Waals surface area contributed by atoms with Crippen LogP contribution in [0.25, 0.3) is 16.9 Å². The van der Waals surface area contributed by atoms with Gasteiger partial charge in [0, 0.05) is 35.9 Å². The van der Waals surface area contributed by atoms with Gasteiger partial charge < -0.3 is 0 Å². The van der Waals surface area contributed by atoms with Gasteiger partial charge in [0.15, 0.2) is 5.65 Å². The quantitative estimate of drug-likeness (QED) is 0.575. The van der Waals surface area contributed by atoms with E-state index < -0.39 is 0 Å². The van der Waals surface area contributed by atoms with E-state index in [0.29, 0.717) is 11.8 Å². The zero-order valence-electron chi connectivity index (χ0n) is 13.7. The Morgan fingerprint density at radius 1 is 1.08 bits per heavy atom. The van der Waals surface area contributed by atoms with E-state index in [1.165, 1.54) is 23.9 Å². The molecule has 0 aliphatic heterocycles. The van der Waals surface area contributed by atoms with E-state index in [1.54, 1.807) is 12.4 Å². The van der Waals surface area contributed by atoms with Crippen molar-refractivity contribution in [1.29, 1.82) is 0 Å². The number of rotatable bonds is 4. The van der Waals surface area contributed by atoms with Crippen molar-refractivity contribution in [2.75, 3.05) is 0 Å². The van der Waals surface area contributed by atoms with Gasteiger partial charge in [0.05, 0.1) is 5.69 Å².